The third-order valence-electron chi connectivity index (χ3n) is 9.38. The molecule has 4 aromatic rings. The van der Waals surface area contributed by atoms with Crippen molar-refractivity contribution in [1.29, 1.82) is 0 Å². The Morgan fingerprint density at radius 1 is 0.517 bits per heavy atom. The van der Waals surface area contributed by atoms with Gasteiger partial charge in [0.25, 0.3) is 0 Å². The number of rotatable bonds is 18. The van der Waals surface area contributed by atoms with Crippen molar-refractivity contribution in [2.45, 2.75) is 75.8 Å². The van der Waals surface area contributed by atoms with E-state index in [4.69, 9.17) is 28.4 Å². The molecule has 6 atom stereocenters. The summed E-state index contributed by atoms with van der Waals surface area (Å²) < 4.78 is 32.6. The van der Waals surface area contributed by atoms with Crippen molar-refractivity contribution < 1.29 is 58.6 Å². The molecule has 0 radical (unpaired) electrons. The Morgan fingerprint density at radius 3 is 1.43 bits per heavy atom. The molecular weight excluding hydrogens is 748 g/mol. The average Bonchev–Trinajstić information content (AvgIpc) is 3.86. The summed E-state index contributed by atoms with van der Waals surface area (Å²) in [6.07, 6.45) is -1.12. The molecule has 2 aliphatic rings. The van der Waals surface area contributed by atoms with Crippen LogP contribution in [-0.4, -0.2) is 106 Å². The number of hydrogen-bond acceptors (Lipinski definition) is 12. The first-order valence-corrected chi connectivity index (χ1v) is 19.2. The van der Waals surface area contributed by atoms with Crippen LogP contribution in [0.1, 0.15) is 35.1 Å². The molecule has 0 unspecified atom stereocenters. The van der Waals surface area contributed by atoms with Gasteiger partial charge in [0.15, 0.2) is 0 Å². The fourth-order valence-electron chi connectivity index (χ4n) is 6.21. The summed E-state index contributed by atoms with van der Waals surface area (Å²) in [5.74, 6) is 0. The van der Waals surface area contributed by atoms with E-state index in [-0.39, 0.29) is 32.3 Å². The zero-order valence-electron chi connectivity index (χ0n) is 32.2. The monoisotopic (exact) mass is 800 g/mol. The van der Waals surface area contributed by atoms with Crippen LogP contribution < -0.4 is 0 Å². The van der Waals surface area contributed by atoms with Gasteiger partial charge in [-0.2, -0.15) is 10.1 Å². The van der Waals surface area contributed by atoms with Gasteiger partial charge in [0.1, 0.15) is 25.4 Å². The molecule has 14 heteroatoms. The summed E-state index contributed by atoms with van der Waals surface area (Å²) >= 11 is 0. The van der Waals surface area contributed by atoms with Gasteiger partial charge in [0, 0.05) is 12.8 Å². The van der Waals surface area contributed by atoms with E-state index in [2.05, 4.69) is 0 Å². The maximum absolute atomic E-state index is 12.1. The van der Waals surface area contributed by atoms with E-state index < -0.39 is 42.6 Å². The minimum absolute atomic E-state index is 0.0131. The lowest BCUT2D eigenvalue weighted by Gasteiger charge is -2.24. The number of aliphatic hydroxyl groups excluding tert-OH is 2. The smallest absolute Gasteiger partial charge is 0.434 e. The molecule has 0 bridgehead atoms. The lowest BCUT2D eigenvalue weighted by Crippen LogP contribution is -2.45. The predicted molar refractivity (Wildman–Crippen MR) is 210 cm³/mol. The third kappa shape index (κ3) is 14.3. The first kappa shape index (κ1) is 44.0. The van der Waals surface area contributed by atoms with Crippen LogP contribution in [0.15, 0.2) is 133 Å². The van der Waals surface area contributed by atoms with Gasteiger partial charge in [0.2, 0.25) is 0 Å². The average molecular weight is 801 g/mol. The van der Waals surface area contributed by atoms with Crippen molar-refractivity contribution in [2.75, 3.05) is 26.4 Å². The Labute approximate surface area is 338 Å². The normalized spacial score (nSPS) is 20.8. The number of hydroxylamine groups is 4. The van der Waals surface area contributed by atoms with E-state index in [9.17, 15) is 30.2 Å². The molecule has 14 nitrogen and oxygen atoms in total. The molecule has 58 heavy (non-hydrogen) atoms. The van der Waals surface area contributed by atoms with Crippen LogP contribution in [-0.2, 0) is 54.8 Å². The fourth-order valence-corrected chi connectivity index (χ4v) is 6.21. The standard InChI is InChI=1S/C22H27NO7.C22H25NO5/c24-20-18(23(27)22(26)30-15-17-9-5-2-6-10-17)13-19(21(20)25)29-12-11-28-14-16-7-3-1-4-8-16;24-22(28-17-19-9-5-2-6-10-19)23(25)20-11-12-21(15-20)27-14-13-26-16-18-7-3-1-4-8-18/h1-10,18-21,24-25,27H,11-15H2;1-12,20-21,25H,13-17H2/t18-,19+,20+,21-;20-,21+/m10/s1. The summed E-state index contributed by atoms with van der Waals surface area (Å²) in [6, 6.07) is 36.5. The van der Waals surface area contributed by atoms with Crippen LogP contribution in [0.25, 0.3) is 0 Å². The van der Waals surface area contributed by atoms with Gasteiger partial charge in [-0.3, -0.25) is 10.4 Å². The van der Waals surface area contributed by atoms with E-state index in [1.165, 1.54) is 0 Å². The third-order valence-corrected chi connectivity index (χ3v) is 9.38. The lowest BCUT2D eigenvalue weighted by atomic mass is 10.2. The molecule has 1 saturated carbocycles. The topological polar surface area (TPSA) is 177 Å². The number of carbonyl (C=O) groups is 2. The Morgan fingerprint density at radius 2 is 0.948 bits per heavy atom. The summed E-state index contributed by atoms with van der Waals surface area (Å²) in [4.78, 5) is 24.1. The van der Waals surface area contributed by atoms with Crippen molar-refractivity contribution in [1.82, 2.24) is 10.1 Å². The van der Waals surface area contributed by atoms with Crippen molar-refractivity contribution in [2.24, 2.45) is 0 Å². The van der Waals surface area contributed by atoms with E-state index >= 15 is 0 Å². The molecular formula is C44H52N2O12. The molecule has 0 aliphatic heterocycles. The van der Waals surface area contributed by atoms with Gasteiger partial charge in [-0.25, -0.2) is 9.59 Å². The molecule has 0 aromatic heterocycles. The molecule has 0 spiro atoms. The number of carbonyl (C=O) groups excluding carboxylic acids is 2. The summed E-state index contributed by atoms with van der Waals surface area (Å²) in [5, 5.41) is 41.6. The molecule has 2 amide bonds. The second kappa shape index (κ2) is 23.9. The van der Waals surface area contributed by atoms with Gasteiger partial charge in [-0.05, 0) is 22.3 Å². The maximum atomic E-state index is 12.1. The first-order chi connectivity index (χ1) is 28.3. The van der Waals surface area contributed by atoms with Gasteiger partial charge in [-0.1, -0.05) is 133 Å². The Kier molecular flexibility index (Phi) is 18.1. The number of nitrogens with zero attached hydrogens (tertiary/aromatic N) is 2. The SMILES string of the molecule is O=C(OCc1ccccc1)N(O)[C@@H]1C[C@H](OCCOCc2ccccc2)[C@@H](O)[C@H]1O.O=C(OCc1ccccc1)N(O)[C@H]1C=C[C@@H](OCCOCc2ccccc2)C1. The highest BCUT2D eigenvalue weighted by Gasteiger charge is 2.46. The second-order valence-electron chi connectivity index (χ2n) is 13.6. The number of ether oxygens (including phenoxy) is 6. The minimum Gasteiger partial charge on any atom is -0.443 e. The zero-order chi connectivity index (χ0) is 41.0. The highest BCUT2D eigenvalue weighted by Crippen LogP contribution is 2.28. The fraction of sp³-hybridized carbons (Fsp3) is 0.364. The maximum Gasteiger partial charge on any atom is 0.434 e. The van der Waals surface area contributed by atoms with Gasteiger partial charge >= 0.3 is 12.2 Å². The van der Waals surface area contributed by atoms with E-state index in [0.29, 0.717) is 49.6 Å². The molecule has 1 fully saturated rings. The molecule has 2 aliphatic carbocycles. The summed E-state index contributed by atoms with van der Waals surface area (Å²) in [5.41, 5.74) is 3.79. The van der Waals surface area contributed by atoms with Crippen molar-refractivity contribution >= 4 is 12.2 Å². The quantitative estimate of drug-likeness (QED) is 0.0397. The van der Waals surface area contributed by atoms with Crippen molar-refractivity contribution in [3.05, 3.63) is 156 Å². The zero-order valence-corrected chi connectivity index (χ0v) is 32.2. The Hall–Kier alpha value is -5.16. The largest absolute Gasteiger partial charge is 0.443 e. The van der Waals surface area contributed by atoms with E-state index in [1.54, 1.807) is 18.2 Å². The Balaban J connectivity index is 0.000000221. The van der Waals surface area contributed by atoms with E-state index in [1.807, 2.05) is 115 Å². The molecule has 0 heterocycles. The first-order valence-electron chi connectivity index (χ1n) is 19.2. The van der Waals surface area contributed by atoms with Gasteiger partial charge in [-0.15, -0.1) is 0 Å². The van der Waals surface area contributed by atoms with Crippen LogP contribution in [0.3, 0.4) is 0 Å². The molecule has 4 N–H and O–H groups in total. The second-order valence-corrected chi connectivity index (χ2v) is 13.6. The van der Waals surface area contributed by atoms with Crippen molar-refractivity contribution in [3.8, 4) is 0 Å². The molecule has 310 valence electrons. The number of amides is 2. The van der Waals surface area contributed by atoms with Crippen LogP contribution >= 0.6 is 0 Å². The van der Waals surface area contributed by atoms with Gasteiger partial charge < -0.3 is 38.6 Å². The van der Waals surface area contributed by atoms with Crippen LogP contribution in [0.2, 0.25) is 0 Å². The van der Waals surface area contributed by atoms with E-state index in [0.717, 1.165) is 22.3 Å². The molecule has 4 aromatic carbocycles. The highest BCUT2D eigenvalue weighted by molar-refractivity contribution is 5.67. The number of aliphatic hydroxyl groups is 2. The summed E-state index contributed by atoms with van der Waals surface area (Å²) in [7, 11) is 0. The summed E-state index contributed by atoms with van der Waals surface area (Å²) in [6.45, 7) is 2.53. The highest BCUT2D eigenvalue weighted by atomic mass is 16.6. The lowest BCUT2D eigenvalue weighted by molar-refractivity contribution is -0.135. The Bertz CT molecular complexity index is 1790. The predicted octanol–water partition coefficient (Wildman–Crippen LogP) is 6.06. The molecule has 6 rings (SSSR count). The van der Waals surface area contributed by atoms with Gasteiger partial charge in [0.05, 0.1) is 63.9 Å². The van der Waals surface area contributed by atoms with Crippen LogP contribution in [0, 0.1) is 0 Å². The minimum atomic E-state index is -1.35. The van der Waals surface area contributed by atoms with Crippen LogP contribution in [0.5, 0.6) is 0 Å². The van der Waals surface area contributed by atoms with Crippen LogP contribution in [0.4, 0.5) is 9.59 Å². The molecule has 0 saturated heterocycles. The number of benzene rings is 4. The van der Waals surface area contributed by atoms with Crippen molar-refractivity contribution in [3.63, 3.8) is 0 Å². The number of hydrogen-bond donors (Lipinski definition) is 4.